The van der Waals surface area contributed by atoms with E-state index in [4.69, 9.17) is 10.5 Å². The first-order chi connectivity index (χ1) is 8.91. The standard InChI is InChI=1S/C10H11F3N4O2/c11-10(12,13)4-15-9-6(2-14)1-8(16-5-19)17-7(9)3-18/h1-2,5,14-15,18H,3-4H2,(H,16,17,19). The summed E-state index contributed by atoms with van der Waals surface area (Å²) in [6.45, 7) is -1.95. The van der Waals surface area contributed by atoms with Crippen LogP contribution in [-0.4, -0.2) is 35.4 Å². The molecule has 0 saturated carbocycles. The number of aliphatic hydroxyl groups is 1. The summed E-state index contributed by atoms with van der Waals surface area (Å²) in [5.74, 6) is 0.0371. The summed E-state index contributed by atoms with van der Waals surface area (Å²) in [6, 6.07) is 1.22. The third-order valence-electron chi connectivity index (χ3n) is 2.10. The first-order valence-corrected chi connectivity index (χ1v) is 5.07. The molecule has 6 nitrogen and oxygen atoms in total. The number of anilines is 2. The van der Waals surface area contributed by atoms with Gasteiger partial charge in [-0.1, -0.05) is 0 Å². The van der Waals surface area contributed by atoms with Crippen LogP contribution in [0, 0.1) is 5.41 Å². The van der Waals surface area contributed by atoms with Gasteiger partial charge in [0.1, 0.15) is 12.4 Å². The number of aromatic nitrogens is 1. The maximum atomic E-state index is 12.2. The van der Waals surface area contributed by atoms with Crippen molar-refractivity contribution in [2.75, 3.05) is 17.2 Å². The molecule has 0 aliphatic heterocycles. The number of pyridine rings is 1. The largest absolute Gasteiger partial charge is 0.405 e. The van der Waals surface area contributed by atoms with Gasteiger partial charge in [-0.15, -0.1) is 0 Å². The van der Waals surface area contributed by atoms with E-state index in [1.165, 1.54) is 6.07 Å². The molecule has 0 aliphatic rings. The molecule has 0 radical (unpaired) electrons. The second-order valence-electron chi connectivity index (χ2n) is 3.45. The zero-order valence-corrected chi connectivity index (χ0v) is 9.58. The van der Waals surface area contributed by atoms with Crippen molar-refractivity contribution in [3.63, 3.8) is 0 Å². The number of carbonyl (C=O) groups excluding carboxylic acids is 1. The van der Waals surface area contributed by atoms with Gasteiger partial charge < -0.3 is 21.1 Å². The quantitative estimate of drug-likeness (QED) is 0.462. The predicted octanol–water partition coefficient (Wildman–Crippen LogP) is 1.11. The van der Waals surface area contributed by atoms with E-state index in [0.717, 1.165) is 6.21 Å². The van der Waals surface area contributed by atoms with Gasteiger partial charge in [0.25, 0.3) is 0 Å². The third kappa shape index (κ3) is 4.21. The Morgan fingerprint density at radius 1 is 1.47 bits per heavy atom. The van der Waals surface area contributed by atoms with Gasteiger partial charge in [-0.3, -0.25) is 4.79 Å². The fourth-order valence-corrected chi connectivity index (χ4v) is 1.37. The van der Waals surface area contributed by atoms with Gasteiger partial charge in [-0.2, -0.15) is 13.2 Å². The molecule has 0 atom stereocenters. The lowest BCUT2D eigenvalue weighted by atomic mass is 10.1. The summed E-state index contributed by atoms with van der Waals surface area (Å²) in [6.07, 6.45) is -3.30. The van der Waals surface area contributed by atoms with Crippen molar-refractivity contribution < 1.29 is 23.1 Å². The van der Waals surface area contributed by atoms with Crippen LogP contribution in [0.25, 0.3) is 0 Å². The van der Waals surface area contributed by atoms with E-state index in [2.05, 4.69) is 15.6 Å². The summed E-state index contributed by atoms with van der Waals surface area (Å²) < 4.78 is 36.5. The van der Waals surface area contributed by atoms with Crippen LogP contribution in [0.1, 0.15) is 11.3 Å². The smallest absolute Gasteiger partial charge is 0.390 e. The maximum Gasteiger partial charge on any atom is 0.405 e. The lowest BCUT2D eigenvalue weighted by Crippen LogP contribution is -2.23. The van der Waals surface area contributed by atoms with Crippen LogP contribution in [0.5, 0.6) is 0 Å². The molecular formula is C10H11F3N4O2. The summed E-state index contributed by atoms with van der Waals surface area (Å²) >= 11 is 0. The Labute approximate surface area is 106 Å². The first kappa shape index (κ1) is 14.9. The van der Waals surface area contributed by atoms with Crippen molar-refractivity contribution in [2.24, 2.45) is 0 Å². The van der Waals surface area contributed by atoms with Crippen LogP contribution in [0.3, 0.4) is 0 Å². The zero-order chi connectivity index (χ0) is 14.5. The van der Waals surface area contributed by atoms with E-state index in [-0.39, 0.29) is 22.8 Å². The molecule has 0 bridgehead atoms. The van der Waals surface area contributed by atoms with Crippen molar-refractivity contribution in [1.82, 2.24) is 4.98 Å². The molecule has 0 unspecified atom stereocenters. The fraction of sp³-hybridized carbons (Fsp3) is 0.300. The average molecular weight is 276 g/mol. The van der Waals surface area contributed by atoms with Gasteiger partial charge in [0, 0.05) is 11.8 Å². The maximum absolute atomic E-state index is 12.2. The molecule has 1 heterocycles. The molecule has 1 rings (SSSR count). The van der Waals surface area contributed by atoms with E-state index < -0.39 is 19.3 Å². The minimum absolute atomic E-state index is 0.0371. The molecule has 0 saturated heterocycles. The van der Waals surface area contributed by atoms with E-state index in [0.29, 0.717) is 6.41 Å². The Morgan fingerprint density at radius 2 is 2.16 bits per heavy atom. The number of nitrogens with one attached hydrogen (secondary N) is 3. The highest BCUT2D eigenvalue weighted by atomic mass is 19.4. The number of aliphatic hydroxyl groups excluding tert-OH is 1. The van der Waals surface area contributed by atoms with Crippen LogP contribution in [-0.2, 0) is 11.4 Å². The highest BCUT2D eigenvalue weighted by Gasteiger charge is 2.27. The highest BCUT2D eigenvalue weighted by molar-refractivity contribution is 5.89. The van der Waals surface area contributed by atoms with Crippen molar-refractivity contribution in [1.29, 1.82) is 5.41 Å². The molecule has 1 aromatic heterocycles. The molecular weight excluding hydrogens is 265 g/mol. The number of carbonyl (C=O) groups is 1. The first-order valence-electron chi connectivity index (χ1n) is 5.07. The van der Waals surface area contributed by atoms with Gasteiger partial charge in [-0.05, 0) is 6.07 Å². The number of hydrogen-bond donors (Lipinski definition) is 4. The molecule has 1 aromatic rings. The Bertz CT molecular complexity index is 477. The van der Waals surface area contributed by atoms with Gasteiger partial charge in [0.05, 0.1) is 18.0 Å². The van der Waals surface area contributed by atoms with Crippen molar-refractivity contribution in [3.8, 4) is 0 Å². The molecule has 9 heteroatoms. The normalized spacial score (nSPS) is 10.9. The topological polar surface area (TPSA) is 98.1 Å². The van der Waals surface area contributed by atoms with Crippen LogP contribution in [0.2, 0.25) is 0 Å². The summed E-state index contributed by atoms with van der Waals surface area (Å²) in [4.78, 5) is 14.0. The van der Waals surface area contributed by atoms with E-state index in [1.54, 1.807) is 0 Å². The third-order valence-corrected chi connectivity index (χ3v) is 2.10. The van der Waals surface area contributed by atoms with Crippen molar-refractivity contribution >= 4 is 24.1 Å². The van der Waals surface area contributed by atoms with E-state index in [1.807, 2.05) is 0 Å². The van der Waals surface area contributed by atoms with Crippen LogP contribution < -0.4 is 10.6 Å². The van der Waals surface area contributed by atoms with Gasteiger partial charge in [0.15, 0.2) is 0 Å². The fourth-order valence-electron chi connectivity index (χ4n) is 1.37. The van der Waals surface area contributed by atoms with Crippen molar-refractivity contribution in [2.45, 2.75) is 12.8 Å². The Morgan fingerprint density at radius 3 is 2.63 bits per heavy atom. The molecule has 4 N–H and O–H groups in total. The Hall–Kier alpha value is -2.16. The summed E-state index contributed by atoms with van der Waals surface area (Å²) in [7, 11) is 0. The minimum atomic E-state index is -4.44. The number of amides is 1. The second kappa shape index (κ2) is 6.14. The molecule has 0 aromatic carbocycles. The summed E-state index contributed by atoms with van der Waals surface area (Å²) in [5.41, 5.74) is -0.103. The van der Waals surface area contributed by atoms with Crippen molar-refractivity contribution in [3.05, 3.63) is 17.3 Å². The van der Waals surface area contributed by atoms with Crippen LogP contribution in [0.4, 0.5) is 24.7 Å². The number of hydrogen-bond acceptors (Lipinski definition) is 5. The minimum Gasteiger partial charge on any atom is -0.390 e. The molecule has 104 valence electrons. The predicted molar refractivity (Wildman–Crippen MR) is 62.3 cm³/mol. The highest BCUT2D eigenvalue weighted by Crippen LogP contribution is 2.24. The number of nitrogens with zero attached hydrogens (tertiary/aromatic N) is 1. The monoisotopic (exact) mass is 276 g/mol. The Kier molecular flexibility index (Phi) is 4.81. The molecule has 0 aliphatic carbocycles. The Balaban J connectivity index is 3.13. The molecule has 19 heavy (non-hydrogen) atoms. The van der Waals surface area contributed by atoms with Crippen LogP contribution >= 0.6 is 0 Å². The van der Waals surface area contributed by atoms with E-state index >= 15 is 0 Å². The lowest BCUT2D eigenvalue weighted by molar-refractivity contribution is -0.115. The van der Waals surface area contributed by atoms with Gasteiger partial charge in [-0.25, -0.2) is 4.98 Å². The summed E-state index contributed by atoms with van der Waals surface area (Å²) in [5, 5.41) is 20.5. The zero-order valence-electron chi connectivity index (χ0n) is 9.58. The van der Waals surface area contributed by atoms with E-state index in [9.17, 15) is 18.0 Å². The lowest BCUT2D eigenvalue weighted by Gasteiger charge is -2.15. The average Bonchev–Trinajstić information content (AvgIpc) is 2.35. The van der Waals surface area contributed by atoms with Gasteiger partial charge >= 0.3 is 6.18 Å². The van der Waals surface area contributed by atoms with Crippen LogP contribution in [0.15, 0.2) is 6.07 Å². The molecule has 1 amide bonds. The number of alkyl halides is 3. The SMILES string of the molecule is N=Cc1cc(NC=O)nc(CO)c1NCC(F)(F)F. The molecule has 0 fully saturated rings. The second-order valence-corrected chi connectivity index (χ2v) is 3.45. The van der Waals surface area contributed by atoms with Gasteiger partial charge in [0.2, 0.25) is 6.41 Å². The molecule has 0 spiro atoms. The number of halogens is 3. The number of rotatable bonds is 6.